The van der Waals surface area contributed by atoms with Gasteiger partial charge in [0.1, 0.15) is 5.75 Å². The molecule has 7 heteroatoms. The van der Waals surface area contributed by atoms with E-state index < -0.39 is 11.7 Å². The number of nitrogens with one attached hydrogen (secondary N) is 1. The minimum absolute atomic E-state index is 0.155. The van der Waals surface area contributed by atoms with Crippen molar-refractivity contribution in [2.24, 2.45) is 0 Å². The van der Waals surface area contributed by atoms with Crippen molar-refractivity contribution in [2.75, 3.05) is 19.5 Å². The zero-order valence-corrected chi connectivity index (χ0v) is 15.7. The number of nitrogens with zero attached hydrogens (tertiary/aromatic N) is 1. The summed E-state index contributed by atoms with van der Waals surface area (Å²) < 4.78 is 44.4. The van der Waals surface area contributed by atoms with Gasteiger partial charge in [0.15, 0.2) is 5.13 Å². The molecule has 0 radical (unpaired) electrons. The zero-order valence-electron chi connectivity index (χ0n) is 14.9. The average molecular weight is 392 g/mol. The van der Waals surface area contributed by atoms with E-state index in [4.69, 9.17) is 4.74 Å². The summed E-state index contributed by atoms with van der Waals surface area (Å²) in [6.45, 7) is 0. The van der Waals surface area contributed by atoms with Gasteiger partial charge in [-0.15, -0.1) is 11.3 Å². The lowest BCUT2D eigenvalue weighted by Crippen LogP contribution is -2.09. The van der Waals surface area contributed by atoms with Crippen molar-refractivity contribution in [1.29, 1.82) is 0 Å². The number of halogens is 3. The minimum atomic E-state index is -4.36. The number of thiazole rings is 1. The molecule has 0 bridgehead atoms. The number of hydrogen-bond acceptors (Lipinski definition) is 4. The third-order valence-electron chi connectivity index (χ3n) is 4.31. The fourth-order valence-electron chi connectivity index (χ4n) is 2.90. The molecule has 3 nitrogen and oxygen atoms in total. The van der Waals surface area contributed by atoms with Gasteiger partial charge in [0.2, 0.25) is 0 Å². The highest BCUT2D eigenvalue weighted by Crippen LogP contribution is 2.34. The van der Waals surface area contributed by atoms with E-state index in [2.05, 4.69) is 10.3 Å². The monoisotopic (exact) mass is 392 g/mol. The molecule has 27 heavy (non-hydrogen) atoms. The molecule has 1 atom stereocenters. The van der Waals surface area contributed by atoms with Crippen LogP contribution in [-0.2, 0) is 12.6 Å². The van der Waals surface area contributed by atoms with Crippen molar-refractivity contribution in [1.82, 2.24) is 4.98 Å². The molecule has 0 aliphatic heterocycles. The van der Waals surface area contributed by atoms with Crippen LogP contribution in [0.4, 0.5) is 18.3 Å². The van der Waals surface area contributed by atoms with Crippen LogP contribution in [0.1, 0.15) is 28.3 Å². The fourth-order valence-corrected chi connectivity index (χ4v) is 3.63. The van der Waals surface area contributed by atoms with E-state index in [1.54, 1.807) is 20.2 Å². The minimum Gasteiger partial charge on any atom is -0.497 e. The zero-order chi connectivity index (χ0) is 19.4. The number of ether oxygens (including phenoxy) is 1. The van der Waals surface area contributed by atoms with E-state index in [0.29, 0.717) is 12.0 Å². The maximum Gasteiger partial charge on any atom is 0.416 e. The van der Waals surface area contributed by atoms with Crippen molar-refractivity contribution in [3.05, 3.63) is 76.3 Å². The van der Waals surface area contributed by atoms with Crippen LogP contribution in [0.2, 0.25) is 0 Å². The van der Waals surface area contributed by atoms with Crippen LogP contribution in [0.5, 0.6) is 5.75 Å². The maximum atomic E-state index is 13.1. The Bertz CT molecular complexity index is 891. The van der Waals surface area contributed by atoms with E-state index in [0.717, 1.165) is 28.2 Å². The maximum absolute atomic E-state index is 13.1. The third-order valence-corrected chi connectivity index (χ3v) is 5.18. The SMILES string of the molecule is CNc1nc(C(Cc2cccc(C(F)(F)F)c2)c2ccc(OC)cc2)cs1. The van der Waals surface area contributed by atoms with Gasteiger partial charge in [0.25, 0.3) is 0 Å². The van der Waals surface area contributed by atoms with E-state index in [1.165, 1.54) is 23.5 Å². The third kappa shape index (κ3) is 4.60. The van der Waals surface area contributed by atoms with Crippen LogP contribution in [0.25, 0.3) is 0 Å². The summed E-state index contributed by atoms with van der Waals surface area (Å²) in [7, 11) is 3.38. The molecule has 1 N–H and O–H groups in total. The Labute approximate surface area is 159 Å². The molecule has 0 saturated carbocycles. The standard InChI is InChI=1S/C20H19F3N2OS/c1-24-19-25-18(12-27-19)17(14-6-8-16(26-2)9-7-14)11-13-4-3-5-15(10-13)20(21,22)23/h3-10,12,17H,11H2,1-2H3,(H,24,25). The van der Waals surface area contributed by atoms with Crippen LogP contribution in [0.3, 0.4) is 0 Å². The predicted molar refractivity (Wildman–Crippen MR) is 102 cm³/mol. The molecule has 142 valence electrons. The molecule has 1 unspecified atom stereocenters. The number of aromatic nitrogens is 1. The molecule has 0 amide bonds. The van der Waals surface area contributed by atoms with E-state index in [1.807, 2.05) is 29.6 Å². The molecule has 0 aliphatic carbocycles. The summed E-state index contributed by atoms with van der Waals surface area (Å²) in [5.74, 6) is 0.573. The van der Waals surface area contributed by atoms with Crippen molar-refractivity contribution >= 4 is 16.5 Å². The molecular weight excluding hydrogens is 373 g/mol. The lowest BCUT2D eigenvalue weighted by molar-refractivity contribution is -0.137. The Balaban J connectivity index is 1.96. The number of hydrogen-bond donors (Lipinski definition) is 1. The number of benzene rings is 2. The second kappa shape index (κ2) is 8.00. The summed E-state index contributed by atoms with van der Waals surface area (Å²) in [6.07, 6.45) is -3.94. The first-order valence-electron chi connectivity index (χ1n) is 8.34. The Morgan fingerprint density at radius 2 is 1.89 bits per heavy atom. The normalized spacial score (nSPS) is 12.6. The van der Waals surface area contributed by atoms with Crippen LogP contribution >= 0.6 is 11.3 Å². The second-order valence-electron chi connectivity index (χ2n) is 6.06. The largest absolute Gasteiger partial charge is 0.497 e. The predicted octanol–water partition coefficient (Wildman–Crippen LogP) is 5.59. The number of rotatable bonds is 6. The number of alkyl halides is 3. The molecule has 0 saturated heterocycles. The van der Waals surface area contributed by atoms with Gasteiger partial charge in [-0.05, 0) is 35.7 Å². The van der Waals surface area contributed by atoms with Gasteiger partial charge in [-0.25, -0.2) is 4.98 Å². The topological polar surface area (TPSA) is 34.2 Å². The fraction of sp³-hybridized carbons (Fsp3) is 0.250. The molecule has 3 aromatic rings. The molecule has 1 aromatic heterocycles. The quantitative estimate of drug-likeness (QED) is 0.594. The van der Waals surface area contributed by atoms with E-state index in [9.17, 15) is 13.2 Å². The van der Waals surface area contributed by atoms with Gasteiger partial charge in [0, 0.05) is 18.3 Å². The highest BCUT2D eigenvalue weighted by Gasteiger charge is 2.30. The Kier molecular flexibility index (Phi) is 5.70. The van der Waals surface area contributed by atoms with Crippen LogP contribution in [-0.4, -0.2) is 19.1 Å². The van der Waals surface area contributed by atoms with Gasteiger partial charge in [-0.1, -0.05) is 30.3 Å². The average Bonchev–Trinajstić information content (AvgIpc) is 3.15. The highest BCUT2D eigenvalue weighted by atomic mass is 32.1. The molecule has 0 aliphatic rings. The highest BCUT2D eigenvalue weighted by molar-refractivity contribution is 7.13. The Morgan fingerprint density at radius 3 is 2.48 bits per heavy atom. The van der Waals surface area contributed by atoms with Gasteiger partial charge >= 0.3 is 6.18 Å². The van der Waals surface area contributed by atoms with E-state index >= 15 is 0 Å². The number of anilines is 1. The molecule has 2 aromatic carbocycles. The summed E-state index contributed by atoms with van der Waals surface area (Å²) >= 11 is 1.47. The lowest BCUT2D eigenvalue weighted by Gasteiger charge is -2.17. The molecule has 0 spiro atoms. The van der Waals surface area contributed by atoms with Crippen molar-refractivity contribution in [3.8, 4) is 5.75 Å². The van der Waals surface area contributed by atoms with Gasteiger partial charge < -0.3 is 10.1 Å². The van der Waals surface area contributed by atoms with Crippen molar-refractivity contribution < 1.29 is 17.9 Å². The van der Waals surface area contributed by atoms with Crippen molar-refractivity contribution in [3.63, 3.8) is 0 Å². The first-order chi connectivity index (χ1) is 12.9. The first-order valence-corrected chi connectivity index (χ1v) is 9.22. The molecule has 0 fully saturated rings. The second-order valence-corrected chi connectivity index (χ2v) is 6.91. The van der Waals surface area contributed by atoms with Crippen LogP contribution in [0, 0.1) is 0 Å². The smallest absolute Gasteiger partial charge is 0.416 e. The van der Waals surface area contributed by atoms with Gasteiger partial charge in [-0.2, -0.15) is 13.2 Å². The van der Waals surface area contributed by atoms with E-state index in [-0.39, 0.29) is 5.92 Å². The molecule has 3 rings (SSSR count). The summed E-state index contributed by atoms with van der Waals surface area (Å²) in [5.41, 5.74) is 1.78. The lowest BCUT2D eigenvalue weighted by atomic mass is 9.89. The van der Waals surface area contributed by atoms with Crippen LogP contribution < -0.4 is 10.1 Å². The van der Waals surface area contributed by atoms with Crippen LogP contribution in [0.15, 0.2) is 53.9 Å². The first kappa shape index (κ1) is 19.2. The molecule has 1 heterocycles. The summed E-state index contributed by atoms with van der Waals surface area (Å²) in [6, 6.07) is 13.0. The van der Waals surface area contributed by atoms with Gasteiger partial charge in [0.05, 0.1) is 18.4 Å². The summed E-state index contributed by atoms with van der Waals surface area (Å²) in [5, 5.41) is 5.71. The summed E-state index contributed by atoms with van der Waals surface area (Å²) in [4.78, 5) is 4.57. The van der Waals surface area contributed by atoms with Gasteiger partial charge in [-0.3, -0.25) is 0 Å². The number of methoxy groups -OCH3 is 1. The Morgan fingerprint density at radius 1 is 1.15 bits per heavy atom. The Hall–Kier alpha value is -2.54. The van der Waals surface area contributed by atoms with Crippen molar-refractivity contribution in [2.45, 2.75) is 18.5 Å². The molecular formula is C20H19F3N2OS.